The van der Waals surface area contributed by atoms with Crippen molar-refractivity contribution in [1.29, 1.82) is 0 Å². The second kappa shape index (κ2) is 5.57. The molecule has 1 amide bonds. The Hall–Kier alpha value is -1.29. The molecule has 0 radical (unpaired) electrons. The van der Waals surface area contributed by atoms with Gasteiger partial charge in [0.15, 0.2) is 0 Å². The summed E-state index contributed by atoms with van der Waals surface area (Å²) in [6.07, 6.45) is 4.20. The summed E-state index contributed by atoms with van der Waals surface area (Å²) >= 11 is 0. The summed E-state index contributed by atoms with van der Waals surface area (Å²) < 4.78 is 5.37. The number of aryl methyl sites for hydroxylation is 2. The lowest BCUT2D eigenvalue weighted by atomic mass is 9.85. The molecule has 18 heavy (non-hydrogen) atoms. The van der Waals surface area contributed by atoms with E-state index in [0.717, 1.165) is 31.4 Å². The zero-order valence-electron chi connectivity index (χ0n) is 11.0. The van der Waals surface area contributed by atoms with Crippen molar-refractivity contribution in [2.45, 2.75) is 45.6 Å². The first-order valence-corrected chi connectivity index (χ1v) is 6.60. The molecule has 0 saturated heterocycles. The number of aliphatic hydroxyl groups excluding tert-OH is 1. The molecule has 2 atom stereocenters. The van der Waals surface area contributed by atoms with Crippen LogP contribution in [0.3, 0.4) is 0 Å². The van der Waals surface area contributed by atoms with Gasteiger partial charge in [0.05, 0.1) is 5.56 Å². The van der Waals surface area contributed by atoms with Crippen LogP contribution in [0.15, 0.2) is 10.5 Å². The Labute approximate surface area is 107 Å². The van der Waals surface area contributed by atoms with Gasteiger partial charge in [-0.05, 0) is 32.8 Å². The highest BCUT2D eigenvalue weighted by Gasteiger charge is 2.27. The van der Waals surface area contributed by atoms with Crippen molar-refractivity contribution in [2.24, 2.45) is 5.92 Å². The maximum atomic E-state index is 12.2. The van der Waals surface area contributed by atoms with Crippen LogP contribution in [0.1, 0.15) is 47.6 Å². The molecule has 1 fully saturated rings. The Kier molecular flexibility index (Phi) is 4.07. The number of hydrogen-bond acceptors (Lipinski definition) is 3. The van der Waals surface area contributed by atoms with Crippen LogP contribution >= 0.6 is 0 Å². The van der Waals surface area contributed by atoms with E-state index in [9.17, 15) is 9.90 Å². The fourth-order valence-electron chi connectivity index (χ4n) is 2.72. The Morgan fingerprint density at radius 1 is 1.44 bits per heavy atom. The second-order valence-corrected chi connectivity index (χ2v) is 5.13. The maximum absolute atomic E-state index is 12.2. The quantitative estimate of drug-likeness (QED) is 0.865. The van der Waals surface area contributed by atoms with Crippen LogP contribution in [0.25, 0.3) is 0 Å². The molecule has 2 unspecified atom stereocenters. The first-order chi connectivity index (χ1) is 8.61. The van der Waals surface area contributed by atoms with Crippen molar-refractivity contribution >= 4 is 5.91 Å². The average Bonchev–Trinajstić information content (AvgIpc) is 2.69. The predicted octanol–water partition coefficient (Wildman–Crippen LogP) is 2.18. The van der Waals surface area contributed by atoms with Crippen LogP contribution < -0.4 is 5.32 Å². The molecular formula is C14H21NO3. The molecule has 1 aromatic heterocycles. The molecular weight excluding hydrogens is 230 g/mol. The van der Waals surface area contributed by atoms with Crippen LogP contribution in [0.5, 0.6) is 0 Å². The van der Waals surface area contributed by atoms with Gasteiger partial charge in [-0.15, -0.1) is 0 Å². The number of furan rings is 1. The number of amides is 1. The molecule has 0 bridgehead atoms. The van der Waals surface area contributed by atoms with Crippen molar-refractivity contribution in [3.8, 4) is 0 Å². The molecule has 1 heterocycles. The smallest absolute Gasteiger partial charge is 0.255 e. The van der Waals surface area contributed by atoms with Crippen LogP contribution in [0.4, 0.5) is 0 Å². The lowest BCUT2D eigenvalue weighted by Crippen LogP contribution is -2.43. The van der Waals surface area contributed by atoms with Crippen LogP contribution in [0.2, 0.25) is 0 Å². The molecule has 1 aliphatic rings. The third-order valence-electron chi connectivity index (χ3n) is 3.75. The fraction of sp³-hybridized carbons (Fsp3) is 0.643. The summed E-state index contributed by atoms with van der Waals surface area (Å²) in [7, 11) is 0. The van der Waals surface area contributed by atoms with E-state index in [2.05, 4.69) is 5.32 Å². The Morgan fingerprint density at radius 2 is 2.17 bits per heavy atom. The van der Waals surface area contributed by atoms with Gasteiger partial charge < -0.3 is 14.8 Å². The van der Waals surface area contributed by atoms with Gasteiger partial charge in [0, 0.05) is 18.6 Å². The van der Waals surface area contributed by atoms with Crippen molar-refractivity contribution in [3.05, 3.63) is 23.2 Å². The third-order valence-corrected chi connectivity index (χ3v) is 3.75. The average molecular weight is 251 g/mol. The standard InChI is InChI=1S/C14H21NO3/c1-9-7-12(10(2)18-9)14(17)15-13-6-4-3-5-11(13)8-16/h7,11,13,16H,3-6,8H2,1-2H3,(H,15,17). The highest BCUT2D eigenvalue weighted by atomic mass is 16.3. The summed E-state index contributed by atoms with van der Waals surface area (Å²) in [6, 6.07) is 1.85. The first kappa shape index (κ1) is 13.1. The predicted molar refractivity (Wildman–Crippen MR) is 68.5 cm³/mol. The molecule has 4 heteroatoms. The lowest BCUT2D eigenvalue weighted by Gasteiger charge is -2.30. The highest BCUT2D eigenvalue weighted by Crippen LogP contribution is 2.24. The second-order valence-electron chi connectivity index (χ2n) is 5.13. The molecule has 0 aliphatic heterocycles. The van der Waals surface area contributed by atoms with Gasteiger partial charge in [0.25, 0.3) is 5.91 Å². The molecule has 2 rings (SSSR count). The first-order valence-electron chi connectivity index (χ1n) is 6.60. The molecule has 4 nitrogen and oxygen atoms in total. The number of carbonyl (C=O) groups is 1. The SMILES string of the molecule is Cc1cc(C(=O)NC2CCCCC2CO)c(C)o1. The van der Waals surface area contributed by atoms with E-state index in [0.29, 0.717) is 11.3 Å². The number of carbonyl (C=O) groups excluding carboxylic acids is 1. The van der Waals surface area contributed by atoms with Crippen molar-refractivity contribution in [2.75, 3.05) is 6.61 Å². The molecule has 1 aliphatic carbocycles. The molecule has 0 spiro atoms. The van der Waals surface area contributed by atoms with E-state index in [1.54, 1.807) is 13.0 Å². The summed E-state index contributed by atoms with van der Waals surface area (Å²) in [5, 5.41) is 12.4. The van der Waals surface area contributed by atoms with E-state index in [1.165, 1.54) is 0 Å². The van der Waals surface area contributed by atoms with Gasteiger partial charge in [-0.3, -0.25) is 4.79 Å². The zero-order chi connectivity index (χ0) is 13.1. The van der Waals surface area contributed by atoms with Crippen molar-refractivity contribution in [1.82, 2.24) is 5.32 Å². The Bertz CT molecular complexity index is 425. The van der Waals surface area contributed by atoms with E-state index >= 15 is 0 Å². The van der Waals surface area contributed by atoms with Gasteiger partial charge in [0.1, 0.15) is 11.5 Å². The number of aliphatic hydroxyl groups is 1. The van der Waals surface area contributed by atoms with Gasteiger partial charge in [-0.2, -0.15) is 0 Å². The summed E-state index contributed by atoms with van der Waals surface area (Å²) in [6.45, 7) is 3.78. The van der Waals surface area contributed by atoms with Gasteiger partial charge in [-0.25, -0.2) is 0 Å². The van der Waals surface area contributed by atoms with Crippen molar-refractivity contribution < 1.29 is 14.3 Å². The molecule has 1 aromatic rings. The summed E-state index contributed by atoms with van der Waals surface area (Å²) in [4.78, 5) is 12.2. The van der Waals surface area contributed by atoms with Crippen LogP contribution in [0, 0.1) is 19.8 Å². The van der Waals surface area contributed by atoms with E-state index < -0.39 is 0 Å². The number of rotatable bonds is 3. The minimum Gasteiger partial charge on any atom is -0.466 e. The molecule has 2 N–H and O–H groups in total. The fourth-order valence-corrected chi connectivity index (χ4v) is 2.72. The van der Waals surface area contributed by atoms with E-state index in [4.69, 9.17) is 4.42 Å². The van der Waals surface area contributed by atoms with Gasteiger partial charge in [-0.1, -0.05) is 12.8 Å². The Balaban J connectivity index is 2.04. The zero-order valence-corrected chi connectivity index (χ0v) is 11.0. The number of hydrogen-bond donors (Lipinski definition) is 2. The largest absolute Gasteiger partial charge is 0.466 e. The molecule has 1 saturated carbocycles. The number of nitrogens with one attached hydrogen (secondary N) is 1. The monoisotopic (exact) mass is 251 g/mol. The van der Waals surface area contributed by atoms with Crippen molar-refractivity contribution in [3.63, 3.8) is 0 Å². The maximum Gasteiger partial charge on any atom is 0.255 e. The summed E-state index contributed by atoms with van der Waals surface area (Å²) in [5.74, 6) is 1.51. The third kappa shape index (κ3) is 2.75. The van der Waals surface area contributed by atoms with Gasteiger partial charge in [0.2, 0.25) is 0 Å². The molecule has 0 aromatic carbocycles. The normalized spacial score (nSPS) is 23.9. The van der Waals surface area contributed by atoms with Crippen LogP contribution in [-0.4, -0.2) is 23.7 Å². The topological polar surface area (TPSA) is 62.5 Å². The van der Waals surface area contributed by atoms with E-state index in [-0.39, 0.29) is 24.5 Å². The van der Waals surface area contributed by atoms with E-state index in [1.807, 2.05) is 6.92 Å². The minimum absolute atomic E-state index is 0.0882. The molecule has 100 valence electrons. The van der Waals surface area contributed by atoms with Crippen LogP contribution in [-0.2, 0) is 0 Å². The lowest BCUT2D eigenvalue weighted by molar-refractivity contribution is 0.0871. The van der Waals surface area contributed by atoms with Gasteiger partial charge >= 0.3 is 0 Å². The summed E-state index contributed by atoms with van der Waals surface area (Å²) in [5.41, 5.74) is 0.606. The highest BCUT2D eigenvalue weighted by molar-refractivity contribution is 5.95. The minimum atomic E-state index is -0.0882. The Morgan fingerprint density at radius 3 is 2.78 bits per heavy atom.